The van der Waals surface area contributed by atoms with Crippen molar-refractivity contribution in [2.75, 3.05) is 0 Å². The summed E-state index contributed by atoms with van der Waals surface area (Å²) < 4.78 is 8.60. The van der Waals surface area contributed by atoms with Gasteiger partial charge in [0.15, 0.2) is 5.82 Å². The van der Waals surface area contributed by atoms with Gasteiger partial charge in [-0.05, 0) is 42.5 Å². The van der Waals surface area contributed by atoms with Crippen LogP contribution < -0.4 is 0 Å². The Balaban J connectivity index is 1.21. The van der Waals surface area contributed by atoms with Crippen LogP contribution in [0.5, 0.6) is 0 Å². The zero-order valence-corrected chi connectivity index (χ0v) is 23.7. The number of benzene rings is 6. The minimum absolute atomic E-state index is 0.713. The average molecular weight is 564 g/mol. The van der Waals surface area contributed by atoms with Gasteiger partial charge in [-0.2, -0.15) is 0 Å². The lowest BCUT2D eigenvalue weighted by Crippen LogP contribution is -1.97. The van der Waals surface area contributed by atoms with E-state index in [0.717, 1.165) is 66.7 Å². The topological polar surface area (TPSA) is 43.9 Å². The molecule has 0 fully saturated rings. The maximum absolute atomic E-state index is 6.25. The van der Waals surface area contributed by atoms with Crippen LogP contribution in [-0.4, -0.2) is 14.5 Å². The van der Waals surface area contributed by atoms with Gasteiger partial charge in [-0.3, -0.25) is 0 Å². The van der Waals surface area contributed by atoms with E-state index in [1.165, 1.54) is 10.8 Å². The summed E-state index contributed by atoms with van der Waals surface area (Å²) in [6, 6.07) is 52.5. The predicted octanol–water partition coefficient (Wildman–Crippen LogP) is 10.5. The zero-order valence-electron chi connectivity index (χ0n) is 23.7. The highest BCUT2D eigenvalue weighted by molar-refractivity contribution is 6.17. The molecule has 206 valence electrons. The first-order valence-corrected chi connectivity index (χ1v) is 14.8. The summed E-state index contributed by atoms with van der Waals surface area (Å²) >= 11 is 0. The maximum Gasteiger partial charge on any atom is 0.160 e. The molecule has 6 aromatic carbocycles. The molecular formula is C40H25N3O. The minimum atomic E-state index is 0.713. The van der Waals surface area contributed by atoms with E-state index >= 15 is 0 Å². The molecule has 0 saturated heterocycles. The number of aromatic nitrogens is 3. The molecular weight excluding hydrogens is 538 g/mol. The summed E-state index contributed by atoms with van der Waals surface area (Å²) in [5, 5.41) is 4.62. The van der Waals surface area contributed by atoms with E-state index < -0.39 is 0 Å². The summed E-state index contributed by atoms with van der Waals surface area (Å²) in [5.74, 6) is 0.713. The Bertz CT molecular complexity index is 2420. The summed E-state index contributed by atoms with van der Waals surface area (Å²) in [4.78, 5) is 9.97. The van der Waals surface area contributed by atoms with Crippen LogP contribution in [0, 0.1) is 0 Å². The van der Waals surface area contributed by atoms with Crippen molar-refractivity contribution < 1.29 is 4.42 Å². The smallest absolute Gasteiger partial charge is 0.160 e. The third kappa shape index (κ3) is 3.92. The van der Waals surface area contributed by atoms with Crippen molar-refractivity contribution in [2.24, 2.45) is 0 Å². The molecule has 9 aromatic rings. The lowest BCUT2D eigenvalue weighted by Gasteiger charge is -2.11. The van der Waals surface area contributed by atoms with Crippen molar-refractivity contribution in [1.29, 1.82) is 0 Å². The molecule has 0 saturated carbocycles. The molecule has 0 aliphatic heterocycles. The molecule has 0 aliphatic carbocycles. The summed E-state index contributed by atoms with van der Waals surface area (Å²) in [6.07, 6.45) is 0. The monoisotopic (exact) mass is 563 g/mol. The quantitative estimate of drug-likeness (QED) is 0.214. The highest BCUT2D eigenvalue weighted by Gasteiger charge is 2.17. The van der Waals surface area contributed by atoms with Crippen molar-refractivity contribution in [3.63, 3.8) is 0 Å². The largest absolute Gasteiger partial charge is 0.456 e. The molecule has 0 atom stereocenters. The second-order valence-electron chi connectivity index (χ2n) is 11.1. The molecule has 3 heterocycles. The fraction of sp³-hybridized carbons (Fsp3) is 0. The number of para-hydroxylation sites is 2. The van der Waals surface area contributed by atoms with Crippen LogP contribution in [0.15, 0.2) is 156 Å². The first-order chi connectivity index (χ1) is 21.8. The lowest BCUT2D eigenvalue weighted by molar-refractivity contribution is 0.669. The summed E-state index contributed by atoms with van der Waals surface area (Å²) in [5.41, 5.74) is 10.1. The molecule has 0 spiro atoms. The second kappa shape index (κ2) is 9.79. The summed E-state index contributed by atoms with van der Waals surface area (Å²) in [6.45, 7) is 0. The molecule has 3 aromatic heterocycles. The Kier molecular flexibility index (Phi) is 5.47. The molecule has 0 bridgehead atoms. The summed E-state index contributed by atoms with van der Waals surface area (Å²) in [7, 11) is 0. The van der Waals surface area contributed by atoms with E-state index in [1.807, 2.05) is 48.5 Å². The standard InChI is InChI=1S/C40H25N3O/c1-3-11-26(12-4-1)34-25-35(42-40(41-34)28-13-5-2-6-14-28)27-19-21-29(22-20-27)43-36-17-9-7-15-30(36)32-24-39-33(23-37(32)43)31-16-8-10-18-38(31)44-39/h1-25H. The van der Waals surface area contributed by atoms with Crippen molar-refractivity contribution in [3.8, 4) is 39.6 Å². The first kappa shape index (κ1) is 24.6. The Morgan fingerprint density at radius 2 is 1.02 bits per heavy atom. The van der Waals surface area contributed by atoms with Gasteiger partial charge >= 0.3 is 0 Å². The lowest BCUT2D eigenvalue weighted by atomic mass is 10.1. The second-order valence-corrected chi connectivity index (χ2v) is 11.1. The molecule has 9 rings (SSSR count). The van der Waals surface area contributed by atoms with Crippen LogP contribution >= 0.6 is 0 Å². The highest BCUT2D eigenvalue weighted by atomic mass is 16.3. The first-order valence-electron chi connectivity index (χ1n) is 14.8. The van der Waals surface area contributed by atoms with Crippen LogP contribution in [0.1, 0.15) is 0 Å². The van der Waals surface area contributed by atoms with Crippen LogP contribution in [0.2, 0.25) is 0 Å². The van der Waals surface area contributed by atoms with Crippen LogP contribution in [-0.2, 0) is 0 Å². The Morgan fingerprint density at radius 1 is 0.409 bits per heavy atom. The molecule has 0 unspecified atom stereocenters. The van der Waals surface area contributed by atoms with E-state index in [9.17, 15) is 0 Å². The molecule has 44 heavy (non-hydrogen) atoms. The van der Waals surface area contributed by atoms with E-state index in [4.69, 9.17) is 14.4 Å². The molecule has 0 radical (unpaired) electrons. The zero-order chi connectivity index (χ0) is 29.0. The fourth-order valence-corrected chi connectivity index (χ4v) is 6.31. The van der Waals surface area contributed by atoms with Gasteiger partial charge in [0.05, 0.1) is 22.4 Å². The normalized spacial score (nSPS) is 11.6. The van der Waals surface area contributed by atoms with Crippen molar-refractivity contribution in [3.05, 3.63) is 152 Å². The minimum Gasteiger partial charge on any atom is -0.456 e. The fourth-order valence-electron chi connectivity index (χ4n) is 6.31. The third-order valence-electron chi connectivity index (χ3n) is 8.42. The number of hydrogen-bond acceptors (Lipinski definition) is 3. The Morgan fingerprint density at radius 3 is 1.77 bits per heavy atom. The SMILES string of the molecule is c1ccc(-c2cc(-c3ccc(-n4c5ccccc5c5cc6oc7ccccc7c6cc54)cc3)nc(-c3ccccc3)n2)cc1. The van der Waals surface area contributed by atoms with Gasteiger partial charge in [-0.25, -0.2) is 9.97 Å². The van der Waals surface area contributed by atoms with Gasteiger partial charge in [0, 0.05) is 43.9 Å². The third-order valence-corrected chi connectivity index (χ3v) is 8.42. The number of nitrogens with zero attached hydrogens (tertiary/aromatic N) is 3. The maximum atomic E-state index is 6.25. The molecule has 0 amide bonds. The number of hydrogen-bond donors (Lipinski definition) is 0. The predicted molar refractivity (Wildman–Crippen MR) is 180 cm³/mol. The molecule has 0 aliphatic rings. The van der Waals surface area contributed by atoms with Gasteiger partial charge in [0.1, 0.15) is 11.2 Å². The van der Waals surface area contributed by atoms with Crippen molar-refractivity contribution in [1.82, 2.24) is 14.5 Å². The van der Waals surface area contributed by atoms with Gasteiger partial charge in [-0.15, -0.1) is 0 Å². The van der Waals surface area contributed by atoms with Crippen molar-refractivity contribution in [2.45, 2.75) is 0 Å². The van der Waals surface area contributed by atoms with Gasteiger partial charge in [-0.1, -0.05) is 109 Å². The van der Waals surface area contributed by atoms with Gasteiger partial charge < -0.3 is 8.98 Å². The highest BCUT2D eigenvalue weighted by Crippen LogP contribution is 2.38. The van der Waals surface area contributed by atoms with Gasteiger partial charge in [0.25, 0.3) is 0 Å². The van der Waals surface area contributed by atoms with Crippen LogP contribution in [0.3, 0.4) is 0 Å². The van der Waals surface area contributed by atoms with Crippen LogP contribution in [0.25, 0.3) is 83.3 Å². The van der Waals surface area contributed by atoms with E-state index in [0.29, 0.717) is 5.82 Å². The number of furan rings is 1. The van der Waals surface area contributed by atoms with E-state index in [1.54, 1.807) is 0 Å². The number of rotatable bonds is 4. The number of fused-ring (bicyclic) bond motifs is 6. The molecule has 4 nitrogen and oxygen atoms in total. The average Bonchev–Trinajstić information content (AvgIpc) is 3.63. The molecule has 4 heteroatoms. The van der Waals surface area contributed by atoms with Crippen LogP contribution in [0.4, 0.5) is 0 Å². The Hall–Kier alpha value is -6.00. The van der Waals surface area contributed by atoms with E-state index in [-0.39, 0.29) is 0 Å². The van der Waals surface area contributed by atoms with Gasteiger partial charge in [0.2, 0.25) is 0 Å². The Labute approximate surface area is 253 Å². The molecule has 0 N–H and O–H groups in total. The van der Waals surface area contributed by atoms with Crippen molar-refractivity contribution >= 4 is 43.7 Å². The van der Waals surface area contributed by atoms with E-state index in [2.05, 4.69) is 108 Å².